The molecule has 0 amide bonds. The van der Waals surface area contributed by atoms with E-state index in [-0.39, 0.29) is 5.41 Å². The number of carboxylic acids is 1. The fourth-order valence-corrected chi connectivity index (χ4v) is 3.03. The summed E-state index contributed by atoms with van der Waals surface area (Å²) in [5, 5.41) is 8.97. The number of hydrogen-bond donors (Lipinski definition) is 2. The quantitative estimate of drug-likeness (QED) is 0.713. The minimum Gasteiger partial charge on any atom is -0.480 e. The molecule has 1 aliphatic carbocycles. The van der Waals surface area contributed by atoms with Gasteiger partial charge in [-0.1, -0.05) is 26.7 Å². The molecule has 0 aliphatic heterocycles. The molecule has 1 unspecified atom stereocenters. The van der Waals surface area contributed by atoms with Crippen LogP contribution in [-0.2, 0) is 4.79 Å². The van der Waals surface area contributed by atoms with Crippen LogP contribution in [-0.4, -0.2) is 41.7 Å². The van der Waals surface area contributed by atoms with Crippen LogP contribution in [0.3, 0.4) is 0 Å². The number of nitrogens with zero attached hydrogens (tertiary/aromatic N) is 1. The van der Waals surface area contributed by atoms with E-state index in [9.17, 15) is 4.79 Å². The van der Waals surface area contributed by atoms with Crippen molar-refractivity contribution >= 4 is 5.97 Å². The highest BCUT2D eigenvalue weighted by molar-refractivity contribution is 5.73. The Morgan fingerprint density at radius 1 is 1.35 bits per heavy atom. The standard InChI is InChI=1S/C13H26N2O2/c1-3-15(4-2)10-13(7-5-6-8-13)9-11(14)12(16)17/h11H,3-10,14H2,1-2H3,(H,16,17). The SMILES string of the molecule is CCN(CC)CC1(CC(N)C(=O)O)CCCC1. The van der Waals surface area contributed by atoms with Crippen LogP contribution in [0.15, 0.2) is 0 Å². The molecule has 0 bridgehead atoms. The number of nitrogens with two attached hydrogens (primary N) is 1. The molecule has 0 aromatic carbocycles. The lowest BCUT2D eigenvalue weighted by Crippen LogP contribution is -2.42. The molecule has 0 saturated heterocycles. The van der Waals surface area contributed by atoms with Gasteiger partial charge in [0.05, 0.1) is 0 Å². The van der Waals surface area contributed by atoms with E-state index in [4.69, 9.17) is 10.8 Å². The van der Waals surface area contributed by atoms with Crippen molar-refractivity contribution in [2.24, 2.45) is 11.1 Å². The van der Waals surface area contributed by atoms with E-state index in [1.54, 1.807) is 0 Å². The summed E-state index contributed by atoms with van der Waals surface area (Å²) in [7, 11) is 0. The Hall–Kier alpha value is -0.610. The molecule has 4 nitrogen and oxygen atoms in total. The largest absolute Gasteiger partial charge is 0.480 e. The highest BCUT2D eigenvalue weighted by Gasteiger charge is 2.37. The first-order chi connectivity index (χ1) is 8.03. The first kappa shape index (κ1) is 14.5. The molecular weight excluding hydrogens is 216 g/mol. The summed E-state index contributed by atoms with van der Waals surface area (Å²) in [6.45, 7) is 7.37. The van der Waals surface area contributed by atoms with Gasteiger partial charge in [-0.2, -0.15) is 0 Å². The van der Waals surface area contributed by atoms with Crippen molar-refractivity contribution in [1.29, 1.82) is 0 Å². The second kappa shape index (κ2) is 6.36. The summed E-state index contributed by atoms with van der Waals surface area (Å²) in [5.74, 6) is -0.865. The maximum absolute atomic E-state index is 10.9. The van der Waals surface area contributed by atoms with Gasteiger partial charge in [0.1, 0.15) is 6.04 Å². The summed E-state index contributed by atoms with van der Waals surface area (Å²) in [6.07, 6.45) is 5.31. The predicted octanol–water partition coefficient (Wildman–Crippen LogP) is 1.69. The van der Waals surface area contributed by atoms with Gasteiger partial charge in [0.15, 0.2) is 0 Å². The third-order valence-electron chi connectivity index (χ3n) is 4.09. The molecular formula is C13H26N2O2. The summed E-state index contributed by atoms with van der Waals surface area (Å²) in [6, 6.07) is -0.705. The van der Waals surface area contributed by atoms with Crippen molar-refractivity contribution in [2.45, 2.75) is 52.0 Å². The summed E-state index contributed by atoms with van der Waals surface area (Å²) in [5.41, 5.74) is 5.86. The van der Waals surface area contributed by atoms with E-state index in [2.05, 4.69) is 18.7 Å². The van der Waals surface area contributed by atoms with Crippen molar-refractivity contribution in [2.75, 3.05) is 19.6 Å². The normalized spacial score (nSPS) is 20.7. The minimum absolute atomic E-state index is 0.143. The Balaban J connectivity index is 2.65. The second-order valence-electron chi connectivity index (χ2n) is 5.32. The summed E-state index contributed by atoms with van der Waals surface area (Å²) in [4.78, 5) is 13.3. The number of rotatable bonds is 7. The first-order valence-corrected chi connectivity index (χ1v) is 6.74. The van der Waals surface area contributed by atoms with Crippen molar-refractivity contribution in [3.05, 3.63) is 0 Å². The molecule has 1 atom stereocenters. The van der Waals surface area contributed by atoms with Crippen LogP contribution in [0.1, 0.15) is 46.0 Å². The Morgan fingerprint density at radius 2 is 1.88 bits per heavy atom. The molecule has 1 saturated carbocycles. The summed E-state index contributed by atoms with van der Waals surface area (Å²) < 4.78 is 0. The fraction of sp³-hybridized carbons (Fsp3) is 0.923. The minimum atomic E-state index is -0.865. The smallest absolute Gasteiger partial charge is 0.320 e. The molecule has 0 aromatic rings. The Bertz CT molecular complexity index is 246. The second-order valence-corrected chi connectivity index (χ2v) is 5.32. The van der Waals surface area contributed by atoms with E-state index < -0.39 is 12.0 Å². The van der Waals surface area contributed by atoms with Gasteiger partial charge in [0, 0.05) is 6.54 Å². The lowest BCUT2D eigenvalue weighted by Gasteiger charge is -2.35. The molecule has 0 aromatic heterocycles. The average molecular weight is 242 g/mol. The van der Waals surface area contributed by atoms with Crippen molar-refractivity contribution in [1.82, 2.24) is 4.90 Å². The molecule has 0 spiro atoms. The van der Waals surface area contributed by atoms with Gasteiger partial charge >= 0.3 is 5.97 Å². The Kier molecular flexibility index (Phi) is 5.40. The van der Waals surface area contributed by atoms with Gasteiger partial charge in [-0.15, -0.1) is 0 Å². The molecule has 17 heavy (non-hydrogen) atoms. The Labute approximate surface area is 104 Å². The van der Waals surface area contributed by atoms with E-state index in [0.717, 1.165) is 32.5 Å². The maximum atomic E-state index is 10.9. The maximum Gasteiger partial charge on any atom is 0.320 e. The molecule has 3 N–H and O–H groups in total. The molecule has 1 aliphatic rings. The van der Waals surface area contributed by atoms with Gasteiger partial charge in [0.2, 0.25) is 0 Å². The van der Waals surface area contributed by atoms with Gasteiger partial charge in [0.25, 0.3) is 0 Å². The molecule has 1 fully saturated rings. The number of carbonyl (C=O) groups is 1. The Morgan fingerprint density at radius 3 is 2.29 bits per heavy atom. The average Bonchev–Trinajstić information content (AvgIpc) is 2.74. The van der Waals surface area contributed by atoms with Crippen LogP contribution >= 0.6 is 0 Å². The van der Waals surface area contributed by atoms with Gasteiger partial charge in [-0.05, 0) is 37.8 Å². The summed E-state index contributed by atoms with van der Waals surface area (Å²) >= 11 is 0. The molecule has 4 heteroatoms. The lowest BCUT2D eigenvalue weighted by atomic mass is 9.79. The number of carboxylic acid groups (broad SMARTS) is 1. The van der Waals surface area contributed by atoms with Gasteiger partial charge < -0.3 is 15.7 Å². The van der Waals surface area contributed by atoms with Gasteiger partial charge in [-0.25, -0.2) is 0 Å². The third kappa shape index (κ3) is 3.96. The number of aliphatic carboxylic acids is 1. The van der Waals surface area contributed by atoms with Crippen LogP contribution in [0.4, 0.5) is 0 Å². The monoisotopic (exact) mass is 242 g/mol. The zero-order chi connectivity index (χ0) is 12.9. The van der Waals surface area contributed by atoms with Crippen LogP contribution < -0.4 is 5.73 Å². The van der Waals surface area contributed by atoms with E-state index in [0.29, 0.717) is 6.42 Å². The van der Waals surface area contributed by atoms with Gasteiger partial charge in [-0.3, -0.25) is 4.79 Å². The van der Waals surface area contributed by atoms with Crippen molar-refractivity contribution < 1.29 is 9.90 Å². The van der Waals surface area contributed by atoms with Crippen molar-refractivity contribution in [3.8, 4) is 0 Å². The highest BCUT2D eigenvalue weighted by Crippen LogP contribution is 2.42. The van der Waals surface area contributed by atoms with Crippen LogP contribution in [0.2, 0.25) is 0 Å². The van der Waals surface area contributed by atoms with E-state index in [1.807, 2.05) is 0 Å². The van der Waals surface area contributed by atoms with E-state index in [1.165, 1.54) is 12.8 Å². The van der Waals surface area contributed by atoms with Crippen LogP contribution in [0.5, 0.6) is 0 Å². The number of hydrogen-bond acceptors (Lipinski definition) is 3. The molecule has 1 rings (SSSR count). The highest BCUT2D eigenvalue weighted by atomic mass is 16.4. The first-order valence-electron chi connectivity index (χ1n) is 6.74. The predicted molar refractivity (Wildman–Crippen MR) is 68.9 cm³/mol. The zero-order valence-corrected chi connectivity index (χ0v) is 11.1. The van der Waals surface area contributed by atoms with Crippen molar-refractivity contribution in [3.63, 3.8) is 0 Å². The molecule has 100 valence electrons. The third-order valence-corrected chi connectivity index (χ3v) is 4.09. The fourth-order valence-electron chi connectivity index (χ4n) is 3.03. The van der Waals surface area contributed by atoms with Crippen LogP contribution in [0, 0.1) is 5.41 Å². The molecule has 0 heterocycles. The molecule has 0 radical (unpaired) electrons. The van der Waals surface area contributed by atoms with Crippen LogP contribution in [0.25, 0.3) is 0 Å². The van der Waals surface area contributed by atoms with E-state index >= 15 is 0 Å². The topological polar surface area (TPSA) is 66.6 Å². The lowest BCUT2D eigenvalue weighted by molar-refractivity contribution is -0.139. The zero-order valence-electron chi connectivity index (χ0n) is 11.1.